The molecule has 0 saturated heterocycles. The molecule has 0 bridgehead atoms. The lowest BCUT2D eigenvalue weighted by molar-refractivity contribution is 0.278. The first kappa shape index (κ1) is 12.6. The maximum atomic E-state index is 3.44. The lowest BCUT2D eigenvalue weighted by Crippen LogP contribution is -2.31. The standard InChI is InChI=1S/C16H25N/c1-17-16-12-6-11-15(13-16)10-5-9-14-7-3-2-4-8-14/h2-4,7-8,15-17H,5-6,9-13H2,1H3. The highest BCUT2D eigenvalue weighted by atomic mass is 14.9. The number of aryl methyl sites for hydroxylation is 1. The summed E-state index contributed by atoms with van der Waals surface area (Å²) in [6.07, 6.45) is 9.66. The Morgan fingerprint density at radius 2 is 2.00 bits per heavy atom. The van der Waals surface area contributed by atoms with E-state index >= 15 is 0 Å². The van der Waals surface area contributed by atoms with E-state index in [1.54, 1.807) is 0 Å². The Hall–Kier alpha value is -0.820. The number of nitrogens with one attached hydrogen (secondary N) is 1. The topological polar surface area (TPSA) is 12.0 Å². The fourth-order valence-electron chi connectivity index (χ4n) is 3.05. The third-order valence-corrected chi connectivity index (χ3v) is 4.11. The van der Waals surface area contributed by atoms with E-state index in [0.717, 1.165) is 12.0 Å². The molecule has 17 heavy (non-hydrogen) atoms. The van der Waals surface area contributed by atoms with Gasteiger partial charge in [0.15, 0.2) is 0 Å². The third-order valence-electron chi connectivity index (χ3n) is 4.11. The zero-order chi connectivity index (χ0) is 11.9. The normalized spacial score (nSPS) is 24.8. The van der Waals surface area contributed by atoms with E-state index in [2.05, 4.69) is 42.7 Å². The summed E-state index contributed by atoms with van der Waals surface area (Å²) in [6, 6.07) is 11.7. The molecule has 0 aliphatic heterocycles. The van der Waals surface area contributed by atoms with Gasteiger partial charge in [0.1, 0.15) is 0 Å². The van der Waals surface area contributed by atoms with E-state index in [1.807, 2.05) is 0 Å². The van der Waals surface area contributed by atoms with E-state index < -0.39 is 0 Å². The van der Waals surface area contributed by atoms with Crippen molar-refractivity contribution in [1.29, 1.82) is 0 Å². The Morgan fingerprint density at radius 3 is 2.76 bits per heavy atom. The summed E-state index contributed by atoms with van der Waals surface area (Å²) in [4.78, 5) is 0. The van der Waals surface area contributed by atoms with Gasteiger partial charge < -0.3 is 5.32 Å². The molecule has 1 aliphatic carbocycles. The van der Waals surface area contributed by atoms with E-state index in [0.29, 0.717) is 0 Å². The van der Waals surface area contributed by atoms with Gasteiger partial charge in [-0.3, -0.25) is 0 Å². The molecule has 0 spiro atoms. The van der Waals surface area contributed by atoms with Crippen molar-refractivity contribution in [3.05, 3.63) is 35.9 Å². The minimum absolute atomic E-state index is 0.783. The second-order valence-electron chi connectivity index (χ2n) is 5.40. The highest BCUT2D eigenvalue weighted by molar-refractivity contribution is 5.14. The molecule has 1 nitrogen and oxygen atoms in total. The Labute approximate surface area is 106 Å². The van der Waals surface area contributed by atoms with Crippen LogP contribution in [0.3, 0.4) is 0 Å². The number of benzene rings is 1. The third kappa shape index (κ3) is 4.16. The van der Waals surface area contributed by atoms with Gasteiger partial charge in [-0.05, 0) is 44.2 Å². The molecule has 1 saturated carbocycles. The quantitative estimate of drug-likeness (QED) is 0.813. The van der Waals surface area contributed by atoms with Crippen molar-refractivity contribution in [2.45, 2.75) is 51.0 Å². The molecule has 1 N–H and O–H groups in total. The molecule has 2 rings (SSSR count). The number of hydrogen-bond donors (Lipinski definition) is 1. The second kappa shape index (κ2) is 6.80. The first-order chi connectivity index (χ1) is 8.38. The van der Waals surface area contributed by atoms with Gasteiger partial charge in [0.25, 0.3) is 0 Å². The van der Waals surface area contributed by atoms with Crippen LogP contribution in [-0.4, -0.2) is 13.1 Å². The van der Waals surface area contributed by atoms with Crippen LogP contribution in [0.4, 0.5) is 0 Å². The van der Waals surface area contributed by atoms with Crippen molar-refractivity contribution >= 4 is 0 Å². The van der Waals surface area contributed by atoms with Crippen molar-refractivity contribution < 1.29 is 0 Å². The first-order valence-corrected chi connectivity index (χ1v) is 7.09. The summed E-state index contributed by atoms with van der Waals surface area (Å²) >= 11 is 0. The predicted molar refractivity (Wildman–Crippen MR) is 74.2 cm³/mol. The number of hydrogen-bond acceptors (Lipinski definition) is 1. The van der Waals surface area contributed by atoms with E-state index in [4.69, 9.17) is 0 Å². The Bertz CT molecular complexity index is 307. The van der Waals surface area contributed by atoms with Crippen LogP contribution in [0.15, 0.2) is 30.3 Å². The second-order valence-corrected chi connectivity index (χ2v) is 5.40. The summed E-state index contributed by atoms with van der Waals surface area (Å²) in [6.45, 7) is 0. The summed E-state index contributed by atoms with van der Waals surface area (Å²) in [5.41, 5.74) is 1.49. The molecule has 0 radical (unpaired) electrons. The molecule has 0 aromatic heterocycles. The van der Waals surface area contributed by atoms with Crippen LogP contribution >= 0.6 is 0 Å². The monoisotopic (exact) mass is 231 g/mol. The Balaban J connectivity index is 1.68. The molecule has 1 aromatic rings. The maximum Gasteiger partial charge on any atom is 0.00667 e. The lowest BCUT2D eigenvalue weighted by Gasteiger charge is -2.28. The Kier molecular flexibility index (Phi) is 5.06. The highest BCUT2D eigenvalue weighted by Gasteiger charge is 2.19. The molecular weight excluding hydrogens is 206 g/mol. The van der Waals surface area contributed by atoms with Gasteiger partial charge in [0.05, 0.1) is 0 Å². The molecule has 0 heterocycles. The fraction of sp³-hybridized carbons (Fsp3) is 0.625. The van der Waals surface area contributed by atoms with Crippen LogP contribution in [0.5, 0.6) is 0 Å². The van der Waals surface area contributed by atoms with E-state index in [9.17, 15) is 0 Å². The summed E-state index contributed by atoms with van der Waals surface area (Å²) in [5.74, 6) is 0.963. The summed E-state index contributed by atoms with van der Waals surface area (Å²) < 4.78 is 0. The Morgan fingerprint density at radius 1 is 1.18 bits per heavy atom. The van der Waals surface area contributed by atoms with Crippen molar-refractivity contribution in [3.63, 3.8) is 0 Å². The van der Waals surface area contributed by atoms with Crippen molar-refractivity contribution in [1.82, 2.24) is 5.32 Å². The van der Waals surface area contributed by atoms with Gasteiger partial charge in [0.2, 0.25) is 0 Å². The average Bonchev–Trinajstić information content (AvgIpc) is 2.40. The van der Waals surface area contributed by atoms with Gasteiger partial charge in [-0.2, -0.15) is 0 Å². The zero-order valence-electron chi connectivity index (χ0n) is 11.0. The largest absolute Gasteiger partial charge is 0.317 e. The average molecular weight is 231 g/mol. The molecular formula is C16H25N. The molecule has 1 aliphatic rings. The van der Waals surface area contributed by atoms with Gasteiger partial charge in [0, 0.05) is 6.04 Å². The van der Waals surface area contributed by atoms with Crippen molar-refractivity contribution in [3.8, 4) is 0 Å². The van der Waals surface area contributed by atoms with Crippen LogP contribution < -0.4 is 5.32 Å². The summed E-state index contributed by atoms with van der Waals surface area (Å²) in [7, 11) is 2.11. The van der Waals surface area contributed by atoms with E-state index in [1.165, 1.54) is 50.5 Å². The summed E-state index contributed by atoms with van der Waals surface area (Å²) in [5, 5.41) is 3.44. The van der Waals surface area contributed by atoms with Gasteiger partial charge >= 0.3 is 0 Å². The molecule has 1 aromatic carbocycles. The van der Waals surface area contributed by atoms with Crippen LogP contribution in [0.25, 0.3) is 0 Å². The fourth-order valence-corrected chi connectivity index (χ4v) is 3.05. The minimum atomic E-state index is 0.783. The van der Waals surface area contributed by atoms with Gasteiger partial charge in [-0.1, -0.05) is 49.6 Å². The highest BCUT2D eigenvalue weighted by Crippen LogP contribution is 2.28. The van der Waals surface area contributed by atoms with Crippen LogP contribution in [0, 0.1) is 5.92 Å². The smallest absolute Gasteiger partial charge is 0.00667 e. The first-order valence-electron chi connectivity index (χ1n) is 7.09. The lowest BCUT2D eigenvalue weighted by atomic mass is 9.82. The van der Waals surface area contributed by atoms with Gasteiger partial charge in [-0.25, -0.2) is 0 Å². The SMILES string of the molecule is CNC1CCCC(CCCc2ccccc2)C1. The van der Waals surface area contributed by atoms with Crippen LogP contribution in [-0.2, 0) is 6.42 Å². The molecule has 2 atom stereocenters. The molecule has 1 fully saturated rings. The molecule has 2 unspecified atom stereocenters. The van der Waals surface area contributed by atoms with Gasteiger partial charge in [-0.15, -0.1) is 0 Å². The predicted octanol–water partition coefficient (Wildman–Crippen LogP) is 3.79. The number of rotatable bonds is 5. The van der Waals surface area contributed by atoms with Crippen molar-refractivity contribution in [2.24, 2.45) is 5.92 Å². The molecule has 1 heteroatoms. The van der Waals surface area contributed by atoms with Crippen LogP contribution in [0.1, 0.15) is 44.1 Å². The zero-order valence-corrected chi connectivity index (χ0v) is 11.0. The van der Waals surface area contributed by atoms with Crippen molar-refractivity contribution in [2.75, 3.05) is 7.05 Å². The minimum Gasteiger partial charge on any atom is -0.317 e. The molecule has 0 amide bonds. The molecule has 94 valence electrons. The van der Waals surface area contributed by atoms with E-state index in [-0.39, 0.29) is 0 Å². The van der Waals surface area contributed by atoms with Crippen LogP contribution in [0.2, 0.25) is 0 Å². The maximum absolute atomic E-state index is 3.44.